The molecule has 0 saturated heterocycles. The monoisotopic (exact) mass is 384 g/mol. The van der Waals surface area contributed by atoms with E-state index in [1.807, 2.05) is 0 Å². The molecule has 1 heterocycles. The summed E-state index contributed by atoms with van der Waals surface area (Å²) in [6.45, 7) is 0.944. The molecule has 25 heavy (non-hydrogen) atoms. The molecule has 0 saturated carbocycles. The highest BCUT2D eigenvalue weighted by atomic mass is 35.5. The molecular weight excluding hydrogens is 369 g/mol. The SMILES string of the molecule is O=C(CCN1CCCc2cc(F)cc(F)c21)Nc1c(Cl)cccc1Cl. The van der Waals surface area contributed by atoms with Crippen LogP contribution in [0, 0.1) is 11.6 Å². The lowest BCUT2D eigenvalue weighted by atomic mass is 10.0. The highest BCUT2D eigenvalue weighted by Crippen LogP contribution is 2.32. The molecule has 0 bridgehead atoms. The first kappa shape index (κ1) is 18.0. The molecule has 0 atom stereocenters. The van der Waals surface area contributed by atoms with E-state index in [0.29, 0.717) is 46.5 Å². The average molecular weight is 385 g/mol. The molecule has 1 aliphatic rings. The Kier molecular flexibility index (Phi) is 5.45. The van der Waals surface area contributed by atoms with Crippen molar-refractivity contribution in [3.8, 4) is 0 Å². The zero-order valence-corrected chi connectivity index (χ0v) is 14.8. The summed E-state index contributed by atoms with van der Waals surface area (Å²) in [6, 6.07) is 7.18. The van der Waals surface area contributed by atoms with Gasteiger partial charge in [0.25, 0.3) is 0 Å². The molecule has 0 spiro atoms. The van der Waals surface area contributed by atoms with E-state index < -0.39 is 11.6 Å². The highest BCUT2D eigenvalue weighted by Gasteiger charge is 2.22. The number of benzene rings is 2. The fourth-order valence-corrected chi connectivity index (χ4v) is 3.51. The van der Waals surface area contributed by atoms with Crippen molar-refractivity contribution in [2.45, 2.75) is 19.3 Å². The summed E-state index contributed by atoms with van der Waals surface area (Å²) in [4.78, 5) is 14.0. The minimum Gasteiger partial charge on any atom is -0.368 e. The number of rotatable bonds is 4. The second kappa shape index (κ2) is 7.58. The highest BCUT2D eigenvalue weighted by molar-refractivity contribution is 6.39. The Morgan fingerprint density at radius 1 is 1.20 bits per heavy atom. The van der Waals surface area contributed by atoms with Crippen molar-refractivity contribution in [3.05, 3.63) is 57.6 Å². The second-order valence-corrected chi connectivity index (χ2v) is 6.70. The lowest BCUT2D eigenvalue weighted by molar-refractivity contribution is -0.116. The molecule has 0 fully saturated rings. The Morgan fingerprint density at radius 2 is 1.92 bits per heavy atom. The minimum absolute atomic E-state index is 0.137. The van der Waals surface area contributed by atoms with Crippen molar-refractivity contribution in [3.63, 3.8) is 0 Å². The maximum absolute atomic E-state index is 14.1. The minimum atomic E-state index is -0.593. The molecule has 3 nitrogen and oxygen atoms in total. The number of fused-ring (bicyclic) bond motifs is 1. The van der Waals surface area contributed by atoms with Crippen molar-refractivity contribution >= 4 is 40.5 Å². The van der Waals surface area contributed by atoms with Gasteiger partial charge in [-0.25, -0.2) is 8.78 Å². The molecule has 0 aromatic heterocycles. The van der Waals surface area contributed by atoms with Gasteiger partial charge in [0.1, 0.15) is 11.6 Å². The predicted molar refractivity (Wildman–Crippen MR) is 96.6 cm³/mol. The number of anilines is 2. The number of para-hydroxylation sites is 1. The topological polar surface area (TPSA) is 32.3 Å². The van der Waals surface area contributed by atoms with E-state index in [2.05, 4.69) is 5.32 Å². The lowest BCUT2D eigenvalue weighted by Gasteiger charge is -2.31. The quantitative estimate of drug-likeness (QED) is 0.799. The number of nitrogens with zero attached hydrogens (tertiary/aromatic N) is 1. The van der Waals surface area contributed by atoms with Gasteiger partial charge in [0, 0.05) is 25.6 Å². The van der Waals surface area contributed by atoms with Gasteiger partial charge in [0.2, 0.25) is 5.91 Å². The number of hydrogen-bond donors (Lipinski definition) is 1. The first-order valence-electron chi connectivity index (χ1n) is 7.92. The third-order valence-electron chi connectivity index (χ3n) is 4.13. The van der Waals surface area contributed by atoms with E-state index in [9.17, 15) is 13.6 Å². The van der Waals surface area contributed by atoms with Gasteiger partial charge in [-0.1, -0.05) is 29.3 Å². The van der Waals surface area contributed by atoms with Crippen LogP contribution in [0.2, 0.25) is 10.0 Å². The largest absolute Gasteiger partial charge is 0.368 e. The summed E-state index contributed by atoms with van der Waals surface area (Å²) >= 11 is 12.1. The number of carbonyl (C=O) groups is 1. The van der Waals surface area contributed by atoms with Gasteiger partial charge in [0.15, 0.2) is 0 Å². The third kappa shape index (κ3) is 4.05. The van der Waals surface area contributed by atoms with Gasteiger partial charge >= 0.3 is 0 Å². The summed E-state index contributed by atoms with van der Waals surface area (Å²) in [7, 11) is 0. The van der Waals surface area contributed by atoms with Gasteiger partial charge in [-0.2, -0.15) is 0 Å². The van der Waals surface area contributed by atoms with Crippen molar-refractivity contribution < 1.29 is 13.6 Å². The molecule has 1 aliphatic heterocycles. The second-order valence-electron chi connectivity index (χ2n) is 5.88. The maximum atomic E-state index is 14.1. The van der Waals surface area contributed by atoms with Crippen LogP contribution in [0.1, 0.15) is 18.4 Å². The molecule has 2 aromatic carbocycles. The van der Waals surface area contributed by atoms with Crippen LogP contribution in [0.25, 0.3) is 0 Å². The van der Waals surface area contributed by atoms with Crippen molar-refractivity contribution in [1.29, 1.82) is 0 Å². The molecule has 3 rings (SSSR count). The molecule has 7 heteroatoms. The number of hydrogen-bond acceptors (Lipinski definition) is 2. The van der Waals surface area contributed by atoms with Crippen LogP contribution in [0.5, 0.6) is 0 Å². The summed E-state index contributed by atoms with van der Waals surface area (Å²) in [5, 5.41) is 3.39. The Labute approximate surface area is 154 Å². The predicted octanol–water partition coefficient (Wildman–Crippen LogP) is 5.05. The molecule has 1 amide bonds. The summed E-state index contributed by atoms with van der Waals surface area (Å²) in [5.74, 6) is -1.45. The smallest absolute Gasteiger partial charge is 0.226 e. The van der Waals surface area contributed by atoms with Gasteiger partial charge in [0.05, 0.1) is 21.4 Å². The van der Waals surface area contributed by atoms with Crippen molar-refractivity contribution in [2.24, 2.45) is 0 Å². The summed E-state index contributed by atoms with van der Waals surface area (Å²) in [6.07, 6.45) is 1.55. The number of nitrogens with one attached hydrogen (secondary N) is 1. The Balaban J connectivity index is 1.68. The van der Waals surface area contributed by atoms with E-state index in [4.69, 9.17) is 23.2 Å². The number of aryl methyl sites for hydroxylation is 1. The van der Waals surface area contributed by atoms with Crippen molar-refractivity contribution in [1.82, 2.24) is 0 Å². The lowest BCUT2D eigenvalue weighted by Crippen LogP contribution is -2.33. The summed E-state index contributed by atoms with van der Waals surface area (Å²) in [5.41, 5.74) is 1.39. The van der Waals surface area contributed by atoms with Gasteiger partial charge in [-0.3, -0.25) is 4.79 Å². The fraction of sp³-hybridized carbons (Fsp3) is 0.278. The molecule has 2 aromatic rings. The molecule has 0 radical (unpaired) electrons. The van der Waals surface area contributed by atoms with E-state index in [1.165, 1.54) is 6.07 Å². The van der Waals surface area contributed by atoms with E-state index in [1.54, 1.807) is 23.1 Å². The standard InChI is InChI=1S/C18H16Cl2F2N2O/c19-13-4-1-5-14(20)17(13)23-16(25)6-8-24-7-2-3-11-9-12(21)10-15(22)18(11)24/h1,4-5,9-10H,2-3,6-8H2,(H,23,25). The Hall–Kier alpha value is -1.85. The average Bonchev–Trinajstić information content (AvgIpc) is 2.56. The van der Waals surface area contributed by atoms with E-state index in [0.717, 1.165) is 12.5 Å². The first-order valence-corrected chi connectivity index (χ1v) is 8.68. The van der Waals surface area contributed by atoms with Crippen LogP contribution in [0.4, 0.5) is 20.2 Å². The van der Waals surface area contributed by atoms with E-state index >= 15 is 0 Å². The molecule has 0 aliphatic carbocycles. The molecule has 132 valence electrons. The van der Waals surface area contributed by atoms with Crippen LogP contribution in [-0.2, 0) is 11.2 Å². The zero-order valence-electron chi connectivity index (χ0n) is 13.3. The zero-order chi connectivity index (χ0) is 18.0. The Bertz CT molecular complexity index is 794. The van der Waals surface area contributed by atoms with Gasteiger partial charge in [-0.05, 0) is 36.6 Å². The molecule has 0 unspecified atom stereocenters. The molecular formula is C18H16Cl2F2N2O. The van der Waals surface area contributed by atoms with Gasteiger partial charge < -0.3 is 10.2 Å². The molecule has 1 N–H and O–H groups in total. The Morgan fingerprint density at radius 3 is 2.64 bits per heavy atom. The number of halogens is 4. The first-order chi connectivity index (χ1) is 12.0. The summed E-state index contributed by atoms with van der Waals surface area (Å²) < 4.78 is 27.5. The number of amides is 1. The third-order valence-corrected chi connectivity index (χ3v) is 4.76. The normalized spacial score (nSPS) is 13.5. The van der Waals surface area contributed by atoms with Crippen LogP contribution in [0.3, 0.4) is 0 Å². The fourth-order valence-electron chi connectivity index (χ4n) is 3.02. The van der Waals surface area contributed by atoms with Crippen LogP contribution in [0.15, 0.2) is 30.3 Å². The van der Waals surface area contributed by atoms with Crippen LogP contribution >= 0.6 is 23.2 Å². The van der Waals surface area contributed by atoms with Crippen LogP contribution < -0.4 is 10.2 Å². The van der Waals surface area contributed by atoms with Crippen molar-refractivity contribution in [2.75, 3.05) is 23.3 Å². The number of carbonyl (C=O) groups excluding carboxylic acids is 1. The van der Waals surface area contributed by atoms with Crippen LogP contribution in [-0.4, -0.2) is 19.0 Å². The van der Waals surface area contributed by atoms with Gasteiger partial charge in [-0.15, -0.1) is 0 Å². The maximum Gasteiger partial charge on any atom is 0.226 e. The van der Waals surface area contributed by atoms with E-state index in [-0.39, 0.29) is 12.3 Å².